The Hall–Kier alpha value is -0.429. The Kier molecular flexibility index (Phi) is 4.78. The van der Waals surface area contributed by atoms with Crippen molar-refractivity contribution in [1.29, 1.82) is 0 Å². The first-order valence-corrected chi connectivity index (χ1v) is 16.6. The molecule has 0 aliphatic carbocycles. The van der Waals surface area contributed by atoms with Crippen LogP contribution in [0.2, 0.25) is 26.2 Å². The van der Waals surface area contributed by atoms with Crippen LogP contribution in [0.4, 0.5) is 0 Å². The SMILES string of the molecule is C[SiH](C)c1ccc([SiH](C)[SiH](C)c2ccccc2)s1. The molecule has 0 bridgehead atoms. The Morgan fingerprint density at radius 2 is 1.33 bits per heavy atom. The van der Waals surface area contributed by atoms with E-state index in [-0.39, 0.29) is 0 Å². The summed E-state index contributed by atoms with van der Waals surface area (Å²) < 4.78 is 3.44. The molecule has 0 nitrogen and oxygen atoms in total. The minimum Gasteiger partial charge on any atom is -0.156 e. The molecule has 0 saturated carbocycles. The first-order chi connectivity index (χ1) is 8.59. The van der Waals surface area contributed by atoms with Gasteiger partial charge in [0.25, 0.3) is 0 Å². The van der Waals surface area contributed by atoms with Crippen LogP contribution in [0.5, 0.6) is 0 Å². The van der Waals surface area contributed by atoms with Crippen LogP contribution in [0, 0.1) is 0 Å². The summed E-state index contributed by atoms with van der Waals surface area (Å²) >= 11 is 2.13. The van der Waals surface area contributed by atoms with E-state index in [0.29, 0.717) is 0 Å². The van der Waals surface area contributed by atoms with Gasteiger partial charge in [0.15, 0.2) is 0 Å². The monoisotopic (exact) mass is 306 g/mol. The highest BCUT2D eigenvalue weighted by Crippen LogP contribution is 2.01. The molecule has 0 aliphatic rings. The molecule has 2 aromatic rings. The molecular weight excluding hydrogens is 284 g/mol. The van der Waals surface area contributed by atoms with Gasteiger partial charge in [-0.15, -0.1) is 0 Å². The quantitative estimate of drug-likeness (QED) is 0.748. The van der Waals surface area contributed by atoms with E-state index >= 15 is 0 Å². The van der Waals surface area contributed by atoms with Crippen LogP contribution in [-0.4, -0.2) is 25.4 Å². The average Bonchev–Trinajstić information content (AvgIpc) is 2.88. The number of rotatable bonds is 4. The van der Waals surface area contributed by atoms with Gasteiger partial charge in [0, 0.05) is 0 Å². The van der Waals surface area contributed by atoms with E-state index in [9.17, 15) is 0 Å². The lowest BCUT2D eigenvalue weighted by atomic mass is 10.4. The zero-order valence-corrected chi connectivity index (χ0v) is 16.0. The van der Waals surface area contributed by atoms with Crippen molar-refractivity contribution in [3.8, 4) is 0 Å². The zero-order chi connectivity index (χ0) is 13.1. The highest BCUT2D eigenvalue weighted by atomic mass is 32.1. The van der Waals surface area contributed by atoms with E-state index in [1.54, 1.807) is 14.2 Å². The van der Waals surface area contributed by atoms with Gasteiger partial charge in [-0.1, -0.05) is 73.8 Å². The maximum absolute atomic E-state index is 2.56. The highest BCUT2D eigenvalue weighted by Gasteiger charge is 2.21. The lowest BCUT2D eigenvalue weighted by molar-refractivity contribution is 1.76. The molecule has 2 rings (SSSR count). The van der Waals surface area contributed by atoms with Crippen LogP contribution in [0.25, 0.3) is 0 Å². The predicted molar refractivity (Wildman–Crippen MR) is 94.6 cm³/mol. The van der Waals surface area contributed by atoms with Gasteiger partial charge < -0.3 is 0 Å². The fraction of sp³-hybridized carbons (Fsp3) is 0.286. The summed E-state index contributed by atoms with van der Waals surface area (Å²) in [5, 5.41) is 1.65. The smallest absolute Gasteiger partial charge is 0.0775 e. The molecule has 18 heavy (non-hydrogen) atoms. The Morgan fingerprint density at radius 3 is 1.89 bits per heavy atom. The molecule has 1 heterocycles. The molecule has 2 unspecified atom stereocenters. The second-order valence-corrected chi connectivity index (χ2v) is 20.7. The molecular formula is C14H22SSi3. The van der Waals surface area contributed by atoms with Crippen molar-refractivity contribution in [1.82, 2.24) is 0 Å². The molecule has 96 valence electrons. The van der Waals surface area contributed by atoms with E-state index in [0.717, 1.165) is 0 Å². The van der Waals surface area contributed by atoms with Crippen molar-refractivity contribution in [2.45, 2.75) is 26.2 Å². The molecule has 0 fully saturated rings. The van der Waals surface area contributed by atoms with Gasteiger partial charge in [-0.25, -0.2) is 0 Å². The molecule has 1 aromatic heterocycles. The van der Waals surface area contributed by atoms with Crippen molar-refractivity contribution < 1.29 is 0 Å². The van der Waals surface area contributed by atoms with Crippen LogP contribution in [0.1, 0.15) is 0 Å². The summed E-state index contributed by atoms with van der Waals surface area (Å²) in [5.41, 5.74) is 0. The maximum atomic E-state index is 2.56. The second kappa shape index (κ2) is 6.14. The first-order valence-electron chi connectivity index (χ1n) is 6.74. The summed E-state index contributed by atoms with van der Waals surface area (Å²) in [6, 6.07) is 16.0. The summed E-state index contributed by atoms with van der Waals surface area (Å²) in [6.45, 7) is 9.96. The van der Waals surface area contributed by atoms with Gasteiger partial charge in [0.05, 0.1) is 25.4 Å². The number of benzene rings is 1. The Balaban J connectivity index is 2.17. The lowest BCUT2D eigenvalue weighted by Gasteiger charge is -2.16. The van der Waals surface area contributed by atoms with Crippen molar-refractivity contribution >= 4 is 50.9 Å². The molecule has 0 aliphatic heterocycles. The molecule has 0 amide bonds. The van der Waals surface area contributed by atoms with Crippen molar-refractivity contribution in [3.05, 3.63) is 42.5 Å². The van der Waals surface area contributed by atoms with Gasteiger partial charge in [0.1, 0.15) is 0 Å². The fourth-order valence-electron chi connectivity index (χ4n) is 2.22. The van der Waals surface area contributed by atoms with E-state index in [4.69, 9.17) is 0 Å². The third kappa shape index (κ3) is 3.12. The third-order valence-corrected chi connectivity index (χ3v) is 20.5. The molecule has 0 radical (unpaired) electrons. The largest absolute Gasteiger partial charge is 0.156 e. The van der Waals surface area contributed by atoms with Crippen molar-refractivity contribution in [3.63, 3.8) is 0 Å². The first kappa shape index (κ1) is 14.0. The number of hydrogen-bond donors (Lipinski definition) is 0. The van der Waals surface area contributed by atoms with Crippen molar-refractivity contribution in [2.75, 3.05) is 0 Å². The van der Waals surface area contributed by atoms with Gasteiger partial charge in [-0.2, -0.15) is 11.3 Å². The minimum absolute atomic E-state index is 0.598. The van der Waals surface area contributed by atoms with Crippen LogP contribution in [0.3, 0.4) is 0 Å². The predicted octanol–water partition coefficient (Wildman–Crippen LogP) is 1.35. The minimum atomic E-state index is -0.735. The van der Waals surface area contributed by atoms with Crippen LogP contribution in [0.15, 0.2) is 42.5 Å². The molecule has 2 atom stereocenters. The average molecular weight is 307 g/mol. The van der Waals surface area contributed by atoms with Crippen LogP contribution < -0.4 is 14.2 Å². The molecule has 0 N–H and O–H groups in total. The van der Waals surface area contributed by atoms with E-state index in [2.05, 4.69) is 80.0 Å². The Bertz CT molecular complexity index is 493. The van der Waals surface area contributed by atoms with Gasteiger partial charge >= 0.3 is 0 Å². The topological polar surface area (TPSA) is 0 Å². The number of hydrogen-bond acceptors (Lipinski definition) is 1. The Morgan fingerprint density at radius 1 is 0.722 bits per heavy atom. The van der Waals surface area contributed by atoms with Crippen LogP contribution in [-0.2, 0) is 0 Å². The van der Waals surface area contributed by atoms with Crippen molar-refractivity contribution in [2.24, 2.45) is 0 Å². The Labute approximate surface area is 119 Å². The molecule has 1 aromatic carbocycles. The van der Waals surface area contributed by atoms with Gasteiger partial charge in [-0.05, 0) is 9.00 Å². The summed E-state index contributed by atoms with van der Waals surface area (Å²) in [5.74, 6) is 0. The summed E-state index contributed by atoms with van der Waals surface area (Å²) in [6.07, 6.45) is 0. The van der Waals surface area contributed by atoms with Crippen LogP contribution >= 0.6 is 11.3 Å². The lowest BCUT2D eigenvalue weighted by Crippen LogP contribution is -2.47. The summed E-state index contributed by atoms with van der Waals surface area (Å²) in [7, 11) is -2.05. The van der Waals surface area contributed by atoms with E-state index < -0.39 is 25.4 Å². The van der Waals surface area contributed by atoms with Gasteiger partial charge in [0.2, 0.25) is 0 Å². The summed E-state index contributed by atoms with van der Waals surface area (Å²) in [4.78, 5) is 0. The second-order valence-electron chi connectivity index (χ2n) is 5.38. The standard InChI is InChI=1S/C14H22SSi3/c1-16(2)13-10-11-14(15-13)18(4)17(3)12-8-6-5-7-9-12/h5-11,16-18H,1-4H3. The molecule has 0 saturated heterocycles. The molecule has 0 spiro atoms. The third-order valence-electron chi connectivity index (χ3n) is 3.74. The number of thiophene rings is 1. The van der Waals surface area contributed by atoms with E-state index in [1.807, 2.05) is 0 Å². The normalized spacial score (nSPS) is 14.7. The maximum Gasteiger partial charge on any atom is 0.0775 e. The van der Waals surface area contributed by atoms with E-state index in [1.165, 1.54) is 0 Å². The molecule has 4 heteroatoms. The van der Waals surface area contributed by atoms with Gasteiger partial charge in [-0.3, -0.25) is 0 Å². The highest BCUT2D eigenvalue weighted by molar-refractivity contribution is 7.43. The zero-order valence-electron chi connectivity index (χ0n) is 11.7. The fourth-order valence-corrected chi connectivity index (χ4v) is 15.1.